The third-order valence-corrected chi connectivity index (χ3v) is 4.33. The van der Waals surface area contributed by atoms with Gasteiger partial charge in [0.15, 0.2) is 0 Å². The van der Waals surface area contributed by atoms with E-state index in [9.17, 15) is 4.79 Å². The molecule has 0 unspecified atom stereocenters. The van der Waals surface area contributed by atoms with Crippen molar-refractivity contribution in [2.45, 2.75) is 20.8 Å². The molecule has 0 atom stereocenters. The summed E-state index contributed by atoms with van der Waals surface area (Å²) in [5.74, 6) is 1.02. The van der Waals surface area contributed by atoms with Crippen LogP contribution in [0.5, 0.6) is 0 Å². The molecule has 0 aliphatic rings. The summed E-state index contributed by atoms with van der Waals surface area (Å²) in [7, 11) is 0. The second-order valence-electron chi connectivity index (χ2n) is 6.37. The van der Waals surface area contributed by atoms with Gasteiger partial charge in [-0.2, -0.15) is 0 Å². The first-order chi connectivity index (χ1) is 12.5. The highest BCUT2D eigenvalue weighted by molar-refractivity contribution is 6.00. The van der Waals surface area contributed by atoms with Gasteiger partial charge in [0.05, 0.1) is 5.56 Å². The fourth-order valence-corrected chi connectivity index (χ4v) is 3.12. The van der Waals surface area contributed by atoms with E-state index in [1.54, 1.807) is 25.4 Å². The molecule has 0 aliphatic heterocycles. The minimum Gasteiger partial charge on any atom is -0.439 e. The third-order valence-electron chi connectivity index (χ3n) is 4.33. The van der Waals surface area contributed by atoms with E-state index in [1.165, 1.54) is 5.56 Å². The number of nitrogens with one attached hydrogen (secondary N) is 1. The molecule has 0 aliphatic carbocycles. The summed E-state index contributed by atoms with van der Waals surface area (Å²) in [6.45, 7) is 5.81. The van der Waals surface area contributed by atoms with Crippen LogP contribution in [0.25, 0.3) is 22.1 Å². The number of hydrogen-bond donors (Lipinski definition) is 1. The van der Waals surface area contributed by atoms with Crippen molar-refractivity contribution in [3.63, 3.8) is 0 Å². The molecule has 4 aromatic rings. The summed E-state index contributed by atoms with van der Waals surface area (Å²) in [5.41, 5.74) is 4.80. The normalized spacial score (nSPS) is 11.0. The van der Waals surface area contributed by atoms with Crippen molar-refractivity contribution in [2.24, 2.45) is 0 Å². The molecule has 1 N–H and O–H groups in total. The minimum atomic E-state index is -0.413. The fourth-order valence-electron chi connectivity index (χ4n) is 3.12. The van der Waals surface area contributed by atoms with Crippen molar-refractivity contribution >= 4 is 22.5 Å². The molecule has 0 saturated carbocycles. The van der Waals surface area contributed by atoms with E-state index in [-0.39, 0.29) is 0 Å². The maximum absolute atomic E-state index is 12.5. The first-order valence-corrected chi connectivity index (χ1v) is 8.35. The zero-order valence-corrected chi connectivity index (χ0v) is 14.8. The van der Waals surface area contributed by atoms with Crippen molar-refractivity contribution in [1.29, 1.82) is 0 Å². The van der Waals surface area contributed by atoms with Gasteiger partial charge in [-0.3, -0.25) is 4.98 Å². The number of aromatic nitrogens is 1. The van der Waals surface area contributed by atoms with Gasteiger partial charge in [0.2, 0.25) is 5.88 Å². The molecule has 5 heteroatoms. The van der Waals surface area contributed by atoms with Gasteiger partial charge in [-0.25, -0.2) is 4.79 Å². The number of anilines is 2. The summed E-state index contributed by atoms with van der Waals surface area (Å²) in [6, 6.07) is 11.5. The quantitative estimate of drug-likeness (QED) is 0.558. The molecule has 0 fully saturated rings. The van der Waals surface area contributed by atoms with E-state index >= 15 is 0 Å². The molecule has 1 aromatic carbocycles. The van der Waals surface area contributed by atoms with Gasteiger partial charge in [0, 0.05) is 24.1 Å². The highest BCUT2D eigenvalue weighted by atomic mass is 16.4. The van der Waals surface area contributed by atoms with Crippen LogP contribution in [-0.4, -0.2) is 4.98 Å². The average molecular weight is 346 g/mol. The Morgan fingerprint density at radius 1 is 0.962 bits per heavy atom. The van der Waals surface area contributed by atoms with E-state index < -0.39 is 5.63 Å². The molecular formula is C21H18N2O3. The van der Waals surface area contributed by atoms with Crippen LogP contribution in [0, 0.1) is 20.8 Å². The largest absolute Gasteiger partial charge is 0.439 e. The first kappa shape index (κ1) is 16.1. The van der Waals surface area contributed by atoms with Gasteiger partial charge in [0.25, 0.3) is 0 Å². The predicted octanol–water partition coefficient (Wildman–Crippen LogP) is 5.12. The summed E-state index contributed by atoms with van der Waals surface area (Å²) < 4.78 is 11.3. The van der Waals surface area contributed by atoms with Crippen LogP contribution in [-0.2, 0) is 0 Å². The van der Waals surface area contributed by atoms with Crippen LogP contribution in [0.3, 0.4) is 0 Å². The molecule has 0 saturated heterocycles. The zero-order chi connectivity index (χ0) is 18.3. The molecule has 3 heterocycles. The monoisotopic (exact) mass is 346 g/mol. The van der Waals surface area contributed by atoms with Gasteiger partial charge < -0.3 is 14.2 Å². The molecule has 4 rings (SSSR count). The zero-order valence-electron chi connectivity index (χ0n) is 14.8. The van der Waals surface area contributed by atoms with Crippen molar-refractivity contribution in [1.82, 2.24) is 4.98 Å². The SMILES string of the molecule is Cc1ccc(Nc2oc3cc(C)oc(=O)c3c2-c2ccncc2)c(C)c1. The number of benzene rings is 1. The van der Waals surface area contributed by atoms with E-state index in [0.717, 1.165) is 16.8 Å². The molecule has 0 spiro atoms. The number of aryl methyl sites for hydroxylation is 3. The second kappa shape index (κ2) is 6.19. The molecular weight excluding hydrogens is 328 g/mol. The van der Waals surface area contributed by atoms with Gasteiger partial charge in [-0.1, -0.05) is 17.7 Å². The lowest BCUT2D eigenvalue weighted by atomic mass is 10.1. The number of nitrogens with zero attached hydrogens (tertiary/aromatic N) is 1. The van der Waals surface area contributed by atoms with Crippen LogP contribution in [0.15, 0.2) is 62.4 Å². The summed E-state index contributed by atoms with van der Waals surface area (Å²) in [6.07, 6.45) is 3.37. The maximum atomic E-state index is 12.5. The Morgan fingerprint density at radius 2 is 1.73 bits per heavy atom. The summed E-state index contributed by atoms with van der Waals surface area (Å²) >= 11 is 0. The standard InChI is InChI=1S/C21H18N2O3/c1-12-4-5-16(13(2)10-12)23-20-18(15-6-8-22-9-7-15)19-17(26-20)11-14(3)25-21(19)24/h4-11,23H,1-3H3. The number of rotatable bonds is 3. The number of pyridine rings is 1. The van der Waals surface area contributed by atoms with E-state index in [2.05, 4.69) is 16.4 Å². The minimum absolute atomic E-state index is 0.413. The van der Waals surface area contributed by atoms with Crippen LogP contribution in [0.1, 0.15) is 16.9 Å². The highest BCUT2D eigenvalue weighted by Gasteiger charge is 2.21. The number of furan rings is 1. The lowest BCUT2D eigenvalue weighted by Gasteiger charge is -2.10. The molecule has 0 amide bonds. The summed E-state index contributed by atoms with van der Waals surface area (Å²) in [5, 5.41) is 3.76. The molecule has 0 bridgehead atoms. The Labute approximate surface area is 150 Å². The molecule has 130 valence electrons. The Bertz CT molecular complexity index is 1160. The third kappa shape index (κ3) is 2.77. The topological polar surface area (TPSA) is 68.3 Å². The van der Waals surface area contributed by atoms with Crippen LogP contribution >= 0.6 is 0 Å². The highest BCUT2D eigenvalue weighted by Crippen LogP contribution is 2.38. The van der Waals surface area contributed by atoms with Crippen molar-refractivity contribution < 1.29 is 8.83 Å². The smallest absolute Gasteiger partial charge is 0.347 e. The van der Waals surface area contributed by atoms with Gasteiger partial charge in [0.1, 0.15) is 16.7 Å². The van der Waals surface area contributed by atoms with Crippen molar-refractivity contribution in [3.05, 3.63) is 76.1 Å². The van der Waals surface area contributed by atoms with Gasteiger partial charge in [-0.05, 0) is 50.1 Å². The van der Waals surface area contributed by atoms with Crippen molar-refractivity contribution in [3.8, 4) is 11.1 Å². The Kier molecular flexibility index (Phi) is 3.84. The van der Waals surface area contributed by atoms with Crippen LogP contribution < -0.4 is 10.9 Å². The second-order valence-corrected chi connectivity index (χ2v) is 6.37. The van der Waals surface area contributed by atoms with Crippen LogP contribution in [0.2, 0.25) is 0 Å². The van der Waals surface area contributed by atoms with Gasteiger partial charge >= 0.3 is 5.63 Å². The van der Waals surface area contributed by atoms with Crippen molar-refractivity contribution in [2.75, 3.05) is 5.32 Å². The molecule has 5 nitrogen and oxygen atoms in total. The van der Waals surface area contributed by atoms with E-state index in [1.807, 2.05) is 38.1 Å². The lowest BCUT2D eigenvalue weighted by Crippen LogP contribution is -2.00. The van der Waals surface area contributed by atoms with E-state index in [0.29, 0.717) is 28.2 Å². The Morgan fingerprint density at radius 3 is 2.46 bits per heavy atom. The van der Waals surface area contributed by atoms with Gasteiger partial charge in [-0.15, -0.1) is 0 Å². The molecule has 26 heavy (non-hydrogen) atoms. The first-order valence-electron chi connectivity index (χ1n) is 8.35. The molecule has 0 radical (unpaired) electrons. The molecule has 3 aromatic heterocycles. The predicted molar refractivity (Wildman–Crippen MR) is 102 cm³/mol. The Balaban J connectivity index is 1.96. The summed E-state index contributed by atoms with van der Waals surface area (Å²) in [4.78, 5) is 16.6. The number of fused-ring (bicyclic) bond motifs is 1. The Hall–Kier alpha value is -3.34. The fraction of sp³-hybridized carbons (Fsp3) is 0.143. The van der Waals surface area contributed by atoms with E-state index in [4.69, 9.17) is 8.83 Å². The number of hydrogen-bond acceptors (Lipinski definition) is 5. The maximum Gasteiger partial charge on any atom is 0.347 e. The average Bonchev–Trinajstić information content (AvgIpc) is 2.96. The van der Waals surface area contributed by atoms with Crippen LogP contribution in [0.4, 0.5) is 11.6 Å². The lowest BCUT2D eigenvalue weighted by molar-refractivity contribution is 0.485.